The minimum Gasteiger partial charge on any atom is -0.384 e. The first-order valence-corrected chi connectivity index (χ1v) is 6.87. The molecule has 2 rings (SSSR count). The van der Waals surface area contributed by atoms with E-state index < -0.39 is 6.10 Å². The summed E-state index contributed by atoms with van der Waals surface area (Å²) in [5, 5.41) is 10.4. The third kappa shape index (κ3) is 2.95. The Bertz CT molecular complexity index is 603. The fraction of sp³-hybridized carbons (Fsp3) is 0.200. The molecular formula is C15H13F2IO. The van der Waals surface area contributed by atoms with Crippen LogP contribution in [0.2, 0.25) is 0 Å². The fourth-order valence-electron chi connectivity index (χ4n) is 2.04. The summed E-state index contributed by atoms with van der Waals surface area (Å²) in [7, 11) is 0. The number of aryl methyl sites for hydroxylation is 2. The highest BCUT2D eigenvalue weighted by molar-refractivity contribution is 14.1. The molecule has 2 aromatic rings. The van der Waals surface area contributed by atoms with Crippen LogP contribution in [-0.4, -0.2) is 5.11 Å². The first kappa shape index (κ1) is 14.4. The van der Waals surface area contributed by atoms with Gasteiger partial charge < -0.3 is 5.11 Å². The lowest BCUT2D eigenvalue weighted by molar-refractivity contribution is 0.219. The summed E-state index contributed by atoms with van der Waals surface area (Å²) in [6.45, 7) is 3.32. The summed E-state index contributed by atoms with van der Waals surface area (Å²) < 4.78 is 27.3. The van der Waals surface area contributed by atoms with Crippen molar-refractivity contribution in [1.82, 2.24) is 0 Å². The monoisotopic (exact) mass is 374 g/mol. The second-order valence-corrected chi connectivity index (χ2v) is 5.70. The molecule has 2 aromatic carbocycles. The van der Waals surface area contributed by atoms with E-state index in [2.05, 4.69) is 0 Å². The molecule has 0 saturated heterocycles. The first-order chi connectivity index (χ1) is 8.90. The summed E-state index contributed by atoms with van der Waals surface area (Å²) in [4.78, 5) is 0. The molecule has 100 valence electrons. The number of halogens is 3. The van der Waals surface area contributed by atoms with E-state index in [0.717, 1.165) is 0 Å². The summed E-state index contributed by atoms with van der Waals surface area (Å²) in [5.41, 5.74) is 2.21. The van der Waals surface area contributed by atoms with Gasteiger partial charge in [0.15, 0.2) is 0 Å². The van der Waals surface area contributed by atoms with Crippen molar-refractivity contribution in [2.24, 2.45) is 0 Å². The maximum atomic E-state index is 13.6. The molecule has 1 unspecified atom stereocenters. The van der Waals surface area contributed by atoms with Crippen LogP contribution in [0.4, 0.5) is 8.78 Å². The predicted octanol–water partition coefficient (Wildman–Crippen LogP) is 4.27. The molecule has 0 saturated carbocycles. The second kappa shape index (κ2) is 5.54. The molecule has 0 spiro atoms. The summed E-state index contributed by atoms with van der Waals surface area (Å²) in [6, 6.07) is 7.46. The van der Waals surface area contributed by atoms with Crippen molar-refractivity contribution in [3.63, 3.8) is 0 Å². The zero-order valence-electron chi connectivity index (χ0n) is 10.5. The number of benzene rings is 2. The van der Waals surface area contributed by atoms with E-state index in [1.165, 1.54) is 12.1 Å². The minimum absolute atomic E-state index is 0.259. The fourth-order valence-corrected chi connectivity index (χ4v) is 2.81. The molecule has 0 fully saturated rings. The minimum atomic E-state index is -0.884. The summed E-state index contributed by atoms with van der Waals surface area (Å²) in [5.74, 6) is -0.600. The zero-order valence-corrected chi connectivity index (χ0v) is 12.7. The van der Waals surface area contributed by atoms with Crippen LogP contribution in [0.5, 0.6) is 0 Å². The highest BCUT2D eigenvalue weighted by Gasteiger charge is 2.16. The summed E-state index contributed by atoms with van der Waals surface area (Å²) >= 11 is 1.98. The molecule has 0 radical (unpaired) electrons. The molecule has 0 aliphatic carbocycles. The van der Waals surface area contributed by atoms with E-state index in [1.807, 2.05) is 22.6 Å². The summed E-state index contributed by atoms with van der Waals surface area (Å²) in [6.07, 6.45) is -0.884. The normalized spacial score (nSPS) is 12.5. The van der Waals surface area contributed by atoms with Gasteiger partial charge in [0.05, 0.1) is 0 Å². The number of hydrogen-bond donors (Lipinski definition) is 1. The Balaban J connectivity index is 2.47. The highest BCUT2D eigenvalue weighted by Crippen LogP contribution is 2.28. The quantitative estimate of drug-likeness (QED) is 0.779. The van der Waals surface area contributed by atoms with E-state index in [0.29, 0.717) is 25.8 Å². The topological polar surface area (TPSA) is 20.2 Å². The lowest BCUT2D eigenvalue weighted by atomic mass is 9.97. The van der Waals surface area contributed by atoms with Crippen molar-refractivity contribution in [3.8, 4) is 0 Å². The molecular weight excluding hydrogens is 361 g/mol. The lowest BCUT2D eigenvalue weighted by Crippen LogP contribution is -2.04. The van der Waals surface area contributed by atoms with Crippen LogP contribution >= 0.6 is 22.6 Å². The van der Waals surface area contributed by atoms with Crippen LogP contribution in [0.3, 0.4) is 0 Å². The molecule has 0 bridgehead atoms. The van der Waals surface area contributed by atoms with Crippen molar-refractivity contribution < 1.29 is 13.9 Å². The van der Waals surface area contributed by atoms with Crippen molar-refractivity contribution in [1.29, 1.82) is 0 Å². The second-order valence-electron chi connectivity index (χ2n) is 4.54. The van der Waals surface area contributed by atoms with Crippen LogP contribution < -0.4 is 0 Å². The molecule has 0 amide bonds. The largest absolute Gasteiger partial charge is 0.384 e. The van der Waals surface area contributed by atoms with Gasteiger partial charge in [-0.3, -0.25) is 0 Å². The molecule has 4 heteroatoms. The van der Waals surface area contributed by atoms with Crippen molar-refractivity contribution in [2.45, 2.75) is 20.0 Å². The van der Waals surface area contributed by atoms with E-state index in [-0.39, 0.29) is 11.6 Å². The SMILES string of the molecule is Cc1cc(C(O)c2ccc(F)cc2I)cc(C)c1F. The van der Waals surface area contributed by atoms with Crippen LogP contribution in [-0.2, 0) is 0 Å². The van der Waals surface area contributed by atoms with Gasteiger partial charge in [0, 0.05) is 3.57 Å². The number of aliphatic hydroxyl groups is 1. The van der Waals surface area contributed by atoms with Crippen molar-refractivity contribution >= 4 is 22.6 Å². The van der Waals surface area contributed by atoms with Gasteiger partial charge in [0.1, 0.15) is 17.7 Å². The van der Waals surface area contributed by atoms with Crippen LogP contribution in [0.15, 0.2) is 30.3 Å². The van der Waals surface area contributed by atoms with Gasteiger partial charge in [-0.15, -0.1) is 0 Å². The number of hydrogen-bond acceptors (Lipinski definition) is 1. The maximum Gasteiger partial charge on any atom is 0.129 e. The van der Waals surface area contributed by atoms with E-state index in [1.54, 1.807) is 32.0 Å². The maximum absolute atomic E-state index is 13.6. The molecule has 0 aliphatic heterocycles. The molecule has 0 heterocycles. The molecule has 0 aliphatic rings. The van der Waals surface area contributed by atoms with Gasteiger partial charge in [0.25, 0.3) is 0 Å². The van der Waals surface area contributed by atoms with Gasteiger partial charge >= 0.3 is 0 Å². The van der Waals surface area contributed by atoms with Gasteiger partial charge in [-0.25, -0.2) is 8.78 Å². The average Bonchev–Trinajstić information content (AvgIpc) is 2.34. The third-order valence-corrected chi connectivity index (χ3v) is 3.97. The number of rotatable bonds is 2. The van der Waals surface area contributed by atoms with E-state index in [9.17, 15) is 13.9 Å². The van der Waals surface area contributed by atoms with E-state index in [4.69, 9.17) is 0 Å². The standard InChI is InChI=1S/C15H13F2IO/c1-8-5-10(6-9(2)14(8)17)15(19)12-4-3-11(16)7-13(12)18/h3-7,15,19H,1-2H3. The molecule has 1 atom stereocenters. The van der Waals surface area contributed by atoms with Crippen molar-refractivity contribution in [2.75, 3.05) is 0 Å². The Morgan fingerprint density at radius 2 is 1.63 bits per heavy atom. The zero-order chi connectivity index (χ0) is 14.2. The molecule has 1 N–H and O–H groups in total. The van der Waals surface area contributed by atoms with Crippen LogP contribution in [0, 0.1) is 29.1 Å². The van der Waals surface area contributed by atoms with Gasteiger partial charge in [-0.05, 0) is 70.8 Å². The highest BCUT2D eigenvalue weighted by atomic mass is 127. The van der Waals surface area contributed by atoms with Gasteiger partial charge in [-0.1, -0.05) is 18.2 Å². The third-order valence-electron chi connectivity index (χ3n) is 3.03. The number of aliphatic hydroxyl groups excluding tert-OH is 1. The Labute approximate surface area is 124 Å². The van der Waals surface area contributed by atoms with E-state index >= 15 is 0 Å². The Hall–Kier alpha value is -1.01. The van der Waals surface area contributed by atoms with Crippen LogP contribution in [0.1, 0.15) is 28.4 Å². The predicted molar refractivity (Wildman–Crippen MR) is 79.1 cm³/mol. The molecule has 0 aromatic heterocycles. The van der Waals surface area contributed by atoms with Crippen LogP contribution in [0.25, 0.3) is 0 Å². The molecule has 19 heavy (non-hydrogen) atoms. The van der Waals surface area contributed by atoms with Gasteiger partial charge in [-0.2, -0.15) is 0 Å². The van der Waals surface area contributed by atoms with Gasteiger partial charge in [0.2, 0.25) is 0 Å². The Morgan fingerprint density at radius 3 is 2.16 bits per heavy atom. The smallest absolute Gasteiger partial charge is 0.129 e. The average molecular weight is 374 g/mol. The first-order valence-electron chi connectivity index (χ1n) is 5.80. The Kier molecular flexibility index (Phi) is 4.20. The molecule has 1 nitrogen and oxygen atoms in total. The van der Waals surface area contributed by atoms with Crippen molar-refractivity contribution in [3.05, 3.63) is 67.8 Å². The lowest BCUT2D eigenvalue weighted by Gasteiger charge is -2.15. The Morgan fingerprint density at radius 1 is 1.05 bits per heavy atom.